The Bertz CT molecular complexity index is 360. The predicted molar refractivity (Wildman–Crippen MR) is 55.5 cm³/mol. The molecule has 2 N–H and O–H groups in total. The summed E-state index contributed by atoms with van der Waals surface area (Å²) in [5.41, 5.74) is 15.9. The van der Waals surface area contributed by atoms with E-state index in [9.17, 15) is 0 Å². The van der Waals surface area contributed by atoms with Gasteiger partial charge in [-0.2, -0.15) is 0 Å². The minimum atomic E-state index is 0.000556. The Morgan fingerprint density at radius 3 is 2.50 bits per heavy atom. The van der Waals surface area contributed by atoms with E-state index in [1.165, 1.54) is 0 Å². The molecule has 4 heteroatoms. The van der Waals surface area contributed by atoms with Gasteiger partial charge < -0.3 is 5.73 Å². The second-order valence-electron chi connectivity index (χ2n) is 3.65. The van der Waals surface area contributed by atoms with Gasteiger partial charge in [0.25, 0.3) is 0 Å². The molecule has 72 valence electrons. The largest absolute Gasteiger partial charge is 0.399 e. The van der Waals surface area contributed by atoms with Crippen LogP contribution in [0.25, 0.3) is 10.4 Å². The molecule has 0 amide bonds. The molecule has 1 fully saturated rings. The van der Waals surface area contributed by atoms with Crippen LogP contribution in [0.4, 0.5) is 5.69 Å². The molecule has 0 bridgehead atoms. The van der Waals surface area contributed by atoms with Crippen molar-refractivity contribution < 1.29 is 0 Å². The van der Waals surface area contributed by atoms with Crippen LogP contribution in [0, 0.1) is 5.92 Å². The molecular formula is C10H12N4. The van der Waals surface area contributed by atoms with Gasteiger partial charge in [-0.1, -0.05) is 17.2 Å². The van der Waals surface area contributed by atoms with Crippen LogP contribution in [0.3, 0.4) is 0 Å². The van der Waals surface area contributed by atoms with Crippen LogP contribution >= 0.6 is 0 Å². The van der Waals surface area contributed by atoms with Crippen LogP contribution in [-0.2, 0) is 0 Å². The Kier molecular flexibility index (Phi) is 2.29. The van der Waals surface area contributed by atoms with Crippen LogP contribution in [0.5, 0.6) is 0 Å². The molecule has 4 nitrogen and oxygen atoms in total. The molecule has 1 unspecified atom stereocenters. The zero-order valence-electron chi connectivity index (χ0n) is 7.80. The Morgan fingerprint density at radius 1 is 1.36 bits per heavy atom. The van der Waals surface area contributed by atoms with Crippen LogP contribution in [0.1, 0.15) is 24.4 Å². The number of nitrogen functional groups attached to an aromatic ring is 1. The number of anilines is 1. The lowest BCUT2D eigenvalue weighted by Crippen LogP contribution is -1.97. The van der Waals surface area contributed by atoms with E-state index in [4.69, 9.17) is 11.3 Å². The Hall–Kier alpha value is -1.67. The number of hydrogen-bond donors (Lipinski definition) is 1. The lowest BCUT2D eigenvalue weighted by molar-refractivity contribution is 0.629. The second-order valence-corrected chi connectivity index (χ2v) is 3.65. The summed E-state index contributed by atoms with van der Waals surface area (Å²) in [5, 5.41) is 3.83. The highest BCUT2D eigenvalue weighted by atomic mass is 15.2. The summed E-state index contributed by atoms with van der Waals surface area (Å²) in [6.45, 7) is 0. The molecule has 14 heavy (non-hydrogen) atoms. The molecule has 0 spiro atoms. The number of nitrogens with two attached hydrogens (primary N) is 1. The summed E-state index contributed by atoms with van der Waals surface area (Å²) >= 11 is 0. The van der Waals surface area contributed by atoms with E-state index >= 15 is 0 Å². The van der Waals surface area contributed by atoms with Gasteiger partial charge in [0, 0.05) is 10.6 Å². The molecule has 1 aromatic carbocycles. The summed E-state index contributed by atoms with van der Waals surface area (Å²) < 4.78 is 0. The molecule has 1 atom stereocenters. The predicted octanol–water partition coefficient (Wildman–Crippen LogP) is 3.03. The van der Waals surface area contributed by atoms with Gasteiger partial charge in [-0.3, -0.25) is 0 Å². The first-order chi connectivity index (χ1) is 6.81. The van der Waals surface area contributed by atoms with Gasteiger partial charge in [0.15, 0.2) is 0 Å². The van der Waals surface area contributed by atoms with Crippen molar-refractivity contribution in [2.45, 2.75) is 18.9 Å². The maximum atomic E-state index is 8.46. The fraction of sp³-hybridized carbons (Fsp3) is 0.400. The highest BCUT2D eigenvalue weighted by Gasteiger charge is 2.31. The van der Waals surface area contributed by atoms with Crippen LogP contribution in [0.2, 0.25) is 0 Å². The fourth-order valence-electron chi connectivity index (χ4n) is 1.59. The number of nitrogens with zero attached hydrogens (tertiary/aromatic N) is 3. The topological polar surface area (TPSA) is 74.8 Å². The minimum absolute atomic E-state index is 0.000556. The molecule has 0 saturated heterocycles. The Balaban J connectivity index is 2.25. The van der Waals surface area contributed by atoms with E-state index in [1.807, 2.05) is 24.3 Å². The lowest BCUT2D eigenvalue weighted by Gasteiger charge is -2.09. The molecule has 0 radical (unpaired) electrons. The molecule has 0 heterocycles. The average molecular weight is 188 g/mol. The van der Waals surface area contributed by atoms with Crippen LogP contribution in [-0.4, -0.2) is 0 Å². The molecule has 0 aliphatic heterocycles. The zero-order chi connectivity index (χ0) is 9.97. The molecule has 1 aliphatic rings. The quantitative estimate of drug-likeness (QED) is 0.336. The molecular weight excluding hydrogens is 176 g/mol. The summed E-state index contributed by atoms with van der Waals surface area (Å²) in [7, 11) is 0. The van der Waals surface area contributed by atoms with Crippen molar-refractivity contribution in [1.29, 1.82) is 0 Å². The third kappa shape index (κ3) is 1.80. The van der Waals surface area contributed by atoms with E-state index in [-0.39, 0.29) is 6.04 Å². The van der Waals surface area contributed by atoms with Crippen LogP contribution < -0.4 is 5.73 Å². The Morgan fingerprint density at radius 2 is 2.00 bits per heavy atom. The normalized spacial score (nSPS) is 17.1. The van der Waals surface area contributed by atoms with E-state index in [1.54, 1.807) is 0 Å². The lowest BCUT2D eigenvalue weighted by atomic mass is 10.0. The second kappa shape index (κ2) is 3.60. The van der Waals surface area contributed by atoms with Gasteiger partial charge >= 0.3 is 0 Å². The van der Waals surface area contributed by atoms with Crippen molar-refractivity contribution in [3.63, 3.8) is 0 Å². The number of azide groups is 1. The van der Waals surface area contributed by atoms with Gasteiger partial charge in [-0.25, -0.2) is 0 Å². The third-order valence-corrected chi connectivity index (χ3v) is 2.52. The molecule has 1 aromatic rings. The average Bonchev–Trinajstić information content (AvgIpc) is 2.99. The van der Waals surface area contributed by atoms with Crippen LogP contribution in [0.15, 0.2) is 29.4 Å². The van der Waals surface area contributed by atoms with E-state index in [2.05, 4.69) is 10.0 Å². The molecule has 1 saturated carbocycles. The maximum Gasteiger partial charge on any atom is 0.0653 e. The number of rotatable bonds is 3. The minimum Gasteiger partial charge on any atom is -0.399 e. The van der Waals surface area contributed by atoms with Crippen molar-refractivity contribution in [2.24, 2.45) is 11.0 Å². The first-order valence-electron chi connectivity index (χ1n) is 4.71. The molecule has 1 aliphatic carbocycles. The summed E-state index contributed by atoms with van der Waals surface area (Å²) in [5.74, 6) is 0.537. The standard InChI is InChI=1S/C10H12N4/c11-9-5-3-8(4-6-9)10(13-14-12)7-1-2-7/h3-7,10H,1-2,11H2. The highest BCUT2D eigenvalue weighted by molar-refractivity contribution is 5.40. The van der Waals surface area contributed by atoms with Gasteiger partial charge in [-0.15, -0.1) is 0 Å². The van der Waals surface area contributed by atoms with E-state index < -0.39 is 0 Å². The van der Waals surface area contributed by atoms with Crippen molar-refractivity contribution in [2.75, 3.05) is 5.73 Å². The first-order valence-corrected chi connectivity index (χ1v) is 4.71. The van der Waals surface area contributed by atoms with E-state index in [0.29, 0.717) is 5.92 Å². The van der Waals surface area contributed by atoms with Crippen molar-refractivity contribution in [3.8, 4) is 0 Å². The van der Waals surface area contributed by atoms with Crippen molar-refractivity contribution in [3.05, 3.63) is 40.3 Å². The summed E-state index contributed by atoms with van der Waals surface area (Å²) in [4.78, 5) is 2.89. The number of hydrogen-bond acceptors (Lipinski definition) is 2. The van der Waals surface area contributed by atoms with E-state index in [0.717, 1.165) is 24.1 Å². The summed E-state index contributed by atoms with van der Waals surface area (Å²) in [6, 6.07) is 7.57. The van der Waals surface area contributed by atoms with Gasteiger partial charge in [0.1, 0.15) is 0 Å². The molecule has 0 aromatic heterocycles. The molecule has 2 rings (SSSR count). The van der Waals surface area contributed by atoms with Gasteiger partial charge in [0.05, 0.1) is 6.04 Å². The first kappa shape index (κ1) is 8.91. The van der Waals surface area contributed by atoms with Crippen molar-refractivity contribution >= 4 is 5.69 Å². The SMILES string of the molecule is [N-]=[N+]=NC(c1ccc(N)cc1)C1CC1. The Labute approximate surface area is 82.4 Å². The fourth-order valence-corrected chi connectivity index (χ4v) is 1.59. The zero-order valence-corrected chi connectivity index (χ0v) is 7.80. The highest BCUT2D eigenvalue weighted by Crippen LogP contribution is 2.43. The van der Waals surface area contributed by atoms with Gasteiger partial charge in [0.2, 0.25) is 0 Å². The van der Waals surface area contributed by atoms with Gasteiger partial charge in [-0.05, 0) is 42.0 Å². The summed E-state index contributed by atoms with van der Waals surface area (Å²) in [6.07, 6.45) is 2.32. The smallest absolute Gasteiger partial charge is 0.0653 e. The maximum absolute atomic E-state index is 8.46. The third-order valence-electron chi connectivity index (χ3n) is 2.52. The van der Waals surface area contributed by atoms with Crippen molar-refractivity contribution in [1.82, 2.24) is 0 Å². The number of benzene rings is 1. The monoisotopic (exact) mass is 188 g/mol.